The first-order chi connectivity index (χ1) is 10.0. The third-order valence-electron chi connectivity index (χ3n) is 3.93. The van der Waals surface area contributed by atoms with E-state index >= 15 is 0 Å². The Morgan fingerprint density at radius 2 is 2.24 bits per heavy atom. The van der Waals surface area contributed by atoms with Gasteiger partial charge >= 0.3 is 5.97 Å². The molecule has 1 aliphatic rings. The molecule has 2 heterocycles. The molecule has 1 aromatic heterocycles. The number of hydrogen-bond donors (Lipinski definition) is 1. The summed E-state index contributed by atoms with van der Waals surface area (Å²) in [4.78, 5) is 25.1. The second-order valence-electron chi connectivity index (χ2n) is 5.46. The smallest absolute Gasteiger partial charge is 0.308 e. The Morgan fingerprint density at radius 3 is 2.81 bits per heavy atom. The number of aryl methyl sites for hydroxylation is 1. The van der Waals surface area contributed by atoms with Crippen molar-refractivity contribution >= 4 is 23.5 Å². The molecule has 116 valence electrons. The summed E-state index contributed by atoms with van der Waals surface area (Å²) in [6, 6.07) is 0. The summed E-state index contributed by atoms with van der Waals surface area (Å²) in [5.74, 6) is -1.20. The minimum atomic E-state index is -0.803. The molecule has 6 nitrogen and oxygen atoms in total. The fraction of sp³-hybridized carbons (Fsp3) is 0.643. The number of halogens is 1. The predicted molar refractivity (Wildman–Crippen MR) is 78.0 cm³/mol. The maximum Gasteiger partial charge on any atom is 0.308 e. The SMILES string of the molecule is CCC[C@@H]1CN(C(=O)CCn2cc(Cl)cn2)C[C@H]1C(=O)O. The van der Waals surface area contributed by atoms with Crippen LogP contribution >= 0.6 is 11.6 Å². The van der Waals surface area contributed by atoms with Crippen LogP contribution in [0.15, 0.2) is 12.4 Å². The Kier molecular flexibility index (Phi) is 5.22. The fourth-order valence-corrected chi connectivity index (χ4v) is 3.00. The van der Waals surface area contributed by atoms with E-state index in [0.29, 0.717) is 31.1 Å². The molecule has 7 heteroatoms. The van der Waals surface area contributed by atoms with Gasteiger partial charge in [-0.3, -0.25) is 14.3 Å². The van der Waals surface area contributed by atoms with E-state index in [9.17, 15) is 14.7 Å². The van der Waals surface area contributed by atoms with Crippen molar-refractivity contribution in [3.63, 3.8) is 0 Å². The molecule has 1 saturated heterocycles. The van der Waals surface area contributed by atoms with E-state index in [1.807, 2.05) is 6.92 Å². The number of carboxylic acids is 1. The Hall–Kier alpha value is -1.56. The maximum atomic E-state index is 12.2. The minimum absolute atomic E-state index is 0.0218. The molecular weight excluding hydrogens is 294 g/mol. The molecule has 2 rings (SSSR count). The van der Waals surface area contributed by atoms with Crippen molar-refractivity contribution in [1.29, 1.82) is 0 Å². The Morgan fingerprint density at radius 1 is 1.48 bits per heavy atom. The van der Waals surface area contributed by atoms with Crippen LogP contribution in [0.4, 0.5) is 0 Å². The molecule has 0 unspecified atom stereocenters. The zero-order chi connectivity index (χ0) is 15.4. The summed E-state index contributed by atoms with van der Waals surface area (Å²) in [5.41, 5.74) is 0. The molecule has 0 bridgehead atoms. The molecular formula is C14H20ClN3O3. The van der Waals surface area contributed by atoms with E-state index in [0.717, 1.165) is 12.8 Å². The average molecular weight is 314 g/mol. The third-order valence-corrected chi connectivity index (χ3v) is 4.12. The average Bonchev–Trinajstić information content (AvgIpc) is 3.03. The van der Waals surface area contributed by atoms with Gasteiger partial charge in [-0.25, -0.2) is 0 Å². The van der Waals surface area contributed by atoms with Gasteiger partial charge in [0.1, 0.15) is 0 Å². The predicted octanol–water partition coefficient (Wildman–Crippen LogP) is 1.89. The zero-order valence-corrected chi connectivity index (χ0v) is 12.8. The maximum absolute atomic E-state index is 12.2. The second kappa shape index (κ2) is 6.93. The molecule has 1 aromatic rings. The van der Waals surface area contributed by atoms with Gasteiger partial charge in [-0.2, -0.15) is 5.10 Å². The van der Waals surface area contributed by atoms with Crippen molar-refractivity contribution in [2.45, 2.75) is 32.7 Å². The van der Waals surface area contributed by atoms with Crippen LogP contribution in [0.5, 0.6) is 0 Å². The lowest BCUT2D eigenvalue weighted by atomic mass is 9.92. The number of hydrogen-bond acceptors (Lipinski definition) is 3. The lowest BCUT2D eigenvalue weighted by molar-refractivity contribution is -0.142. The van der Waals surface area contributed by atoms with E-state index in [1.54, 1.807) is 15.8 Å². The molecule has 0 aromatic carbocycles. The van der Waals surface area contributed by atoms with Crippen LogP contribution in [0, 0.1) is 11.8 Å². The van der Waals surface area contributed by atoms with Gasteiger partial charge in [0.2, 0.25) is 5.91 Å². The van der Waals surface area contributed by atoms with Crippen LogP contribution in [-0.4, -0.2) is 44.8 Å². The minimum Gasteiger partial charge on any atom is -0.481 e. The highest BCUT2D eigenvalue weighted by Crippen LogP contribution is 2.28. The van der Waals surface area contributed by atoms with E-state index in [2.05, 4.69) is 5.10 Å². The quantitative estimate of drug-likeness (QED) is 0.870. The van der Waals surface area contributed by atoms with Gasteiger partial charge in [0.25, 0.3) is 0 Å². The van der Waals surface area contributed by atoms with Crippen molar-refractivity contribution < 1.29 is 14.7 Å². The van der Waals surface area contributed by atoms with Crippen molar-refractivity contribution in [2.24, 2.45) is 11.8 Å². The highest BCUT2D eigenvalue weighted by Gasteiger charge is 2.38. The van der Waals surface area contributed by atoms with Crippen LogP contribution in [0.25, 0.3) is 0 Å². The normalized spacial score (nSPS) is 21.7. The van der Waals surface area contributed by atoms with Crippen LogP contribution in [0.2, 0.25) is 5.02 Å². The lowest BCUT2D eigenvalue weighted by Gasteiger charge is -2.16. The summed E-state index contributed by atoms with van der Waals surface area (Å²) < 4.78 is 1.62. The van der Waals surface area contributed by atoms with Gasteiger partial charge in [-0.15, -0.1) is 0 Å². The number of amides is 1. The lowest BCUT2D eigenvalue weighted by Crippen LogP contribution is -2.30. The number of nitrogens with zero attached hydrogens (tertiary/aromatic N) is 3. The van der Waals surface area contributed by atoms with Crippen LogP contribution in [0.3, 0.4) is 0 Å². The molecule has 1 fully saturated rings. The van der Waals surface area contributed by atoms with Gasteiger partial charge in [-0.1, -0.05) is 24.9 Å². The first kappa shape index (κ1) is 15.8. The first-order valence-electron chi connectivity index (χ1n) is 7.19. The van der Waals surface area contributed by atoms with Gasteiger partial charge in [0.15, 0.2) is 0 Å². The molecule has 0 aliphatic carbocycles. The van der Waals surface area contributed by atoms with E-state index in [1.165, 1.54) is 6.20 Å². The van der Waals surface area contributed by atoms with Gasteiger partial charge in [0, 0.05) is 32.3 Å². The highest BCUT2D eigenvalue weighted by atomic mass is 35.5. The summed E-state index contributed by atoms with van der Waals surface area (Å²) in [6.07, 6.45) is 5.28. The van der Waals surface area contributed by atoms with Crippen LogP contribution in [-0.2, 0) is 16.1 Å². The number of carbonyl (C=O) groups excluding carboxylic acids is 1. The fourth-order valence-electron chi connectivity index (χ4n) is 2.85. The molecule has 1 aliphatic heterocycles. The monoisotopic (exact) mass is 313 g/mol. The Bertz CT molecular complexity index is 517. The van der Waals surface area contributed by atoms with Crippen molar-refractivity contribution in [2.75, 3.05) is 13.1 Å². The van der Waals surface area contributed by atoms with Crippen molar-refractivity contribution in [3.8, 4) is 0 Å². The van der Waals surface area contributed by atoms with Gasteiger partial charge < -0.3 is 10.0 Å². The molecule has 0 radical (unpaired) electrons. The van der Waals surface area contributed by atoms with Gasteiger partial charge in [0.05, 0.1) is 17.1 Å². The molecule has 2 atom stereocenters. The van der Waals surface area contributed by atoms with E-state index in [4.69, 9.17) is 11.6 Å². The summed E-state index contributed by atoms with van der Waals surface area (Å²) in [6.45, 7) is 3.35. The Balaban J connectivity index is 1.89. The summed E-state index contributed by atoms with van der Waals surface area (Å²) in [7, 11) is 0. The molecule has 0 spiro atoms. The van der Waals surface area contributed by atoms with Gasteiger partial charge in [-0.05, 0) is 12.3 Å². The van der Waals surface area contributed by atoms with E-state index < -0.39 is 11.9 Å². The largest absolute Gasteiger partial charge is 0.481 e. The number of rotatable bonds is 6. The number of aromatic nitrogens is 2. The zero-order valence-electron chi connectivity index (χ0n) is 12.0. The topological polar surface area (TPSA) is 75.4 Å². The van der Waals surface area contributed by atoms with E-state index in [-0.39, 0.29) is 11.8 Å². The number of carboxylic acid groups (broad SMARTS) is 1. The number of aliphatic carboxylic acids is 1. The third kappa shape index (κ3) is 3.97. The second-order valence-corrected chi connectivity index (χ2v) is 5.90. The van der Waals surface area contributed by atoms with Crippen molar-refractivity contribution in [1.82, 2.24) is 14.7 Å². The summed E-state index contributed by atoms with van der Waals surface area (Å²) in [5, 5.41) is 13.8. The first-order valence-corrected chi connectivity index (χ1v) is 7.57. The number of carbonyl (C=O) groups is 2. The standard InChI is InChI=1S/C14H20ClN3O3/c1-2-3-10-7-17(9-12(10)14(20)21)13(19)4-5-18-8-11(15)6-16-18/h6,8,10,12H,2-5,7,9H2,1H3,(H,20,21)/t10-,12-/m1/s1. The molecule has 0 saturated carbocycles. The molecule has 21 heavy (non-hydrogen) atoms. The molecule has 1 N–H and O–H groups in total. The summed E-state index contributed by atoms with van der Waals surface area (Å²) >= 11 is 5.77. The molecule has 1 amide bonds. The highest BCUT2D eigenvalue weighted by molar-refractivity contribution is 6.30. The van der Waals surface area contributed by atoms with Crippen LogP contribution < -0.4 is 0 Å². The van der Waals surface area contributed by atoms with Crippen molar-refractivity contribution in [3.05, 3.63) is 17.4 Å². The van der Waals surface area contributed by atoms with Crippen LogP contribution in [0.1, 0.15) is 26.2 Å². The number of likely N-dealkylation sites (tertiary alicyclic amines) is 1. The Labute approximate surface area is 128 Å².